The lowest BCUT2D eigenvalue weighted by atomic mass is 10.1. The Kier molecular flexibility index (Phi) is 9.33. The highest BCUT2D eigenvalue weighted by atomic mass is 16.5. The molecular weight excluding hydrogens is 512 g/mol. The summed E-state index contributed by atoms with van der Waals surface area (Å²) in [4.78, 5) is 23.9. The number of hydrogen-bond acceptors (Lipinski definition) is 8. The Balaban J connectivity index is 0.000000161. The summed E-state index contributed by atoms with van der Waals surface area (Å²) in [5, 5.41) is 13.3. The predicted molar refractivity (Wildman–Crippen MR) is 146 cm³/mol. The summed E-state index contributed by atoms with van der Waals surface area (Å²) in [6.45, 7) is 2.60. The second-order valence-electron chi connectivity index (χ2n) is 9.57. The number of carbonyl (C=O) groups excluding carboxylic acids is 2. The van der Waals surface area contributed by atoms with Crippen LogP contribution < -0.4 is 10.6 Å². The van der Waals surface area contributed by atoms with Crippen LogP contribution in [0.4, 0.5) is 0 Å². The Morgan fingerprint density at radius 2 is 1.10 bits per heavy atom. The molecule has 0 unspecified atom stereocenters. The van der Waals surface area contributed by atoms with Gasteiger partial charge in [0.05, 0.1) is 12.2 Å². The number of aromatic nitrogens is 2. The average molecular weight is 545 g/mol. The smallest absolute Gasteiger partial charge is 0.273 e. The second-order valence-corrected chi connectivity index (χ2v) is 9.57. The molecule has 0 saturated carbocycles. The SMILES string of the molecule is O=C(NC[C@@H]1CCCO1)c1cc(-c2ccccc2)on1.O=C(NC[C@H]1CCCO1)c1cc(-c2ccccc2)on1. The molecule has 0 radical (unpaired) electrons. The van der Waals surface area contributed by atoms with Crippen molar-refractivity contribution >= 4 is 11.8 Å². The lowest BCUT2D eigenvalue weighted by Gasteiger charge is -2.09. The van der Waals surface area contributed by atoms with Crippen LogP contribution in [0.5, 0.6) is 0 Å². The van der Waals surface area contributed by atoms with Crippen LogP contribution in [-0.2, 0) is 9.47 Å². The fraction of sp³-hybridized carbons (Fsp3) is 0.333. The van der Waals surface area contributed by atoms with Gasteiger partial charge in [-0.05, 0) is 25.7 Å². The Morgan fingerprint density at radius 3 is 1.48 bits per heavy atom. The Morgan fingerprint density at radius 1 is 0.675 bits per heavy atom. The van der Waals surface area contributed by atoms with Crippen molar-refractivity contribution in [2.45, 2.75) is 37.9 Å². The first-order valence-electron chi connectivity index (χ1n) is 13.5. The van der Waals surface area contributed by atoms with Crippen molar-refractivity contribution in [3.05, 3.63) is 84.2 Å². The van der Waals surface area contributed by atoms with Crippen molar-refractivity contribution in [1.82, 2.24) is 20.9 Å². The predicted octanol–water partition coefficient (Wildman–Crippen LogP) is 4.50. The van der Waals surface area contributed by atoms with Crippen LogP contribution in [0.15, 0.2) is 81.8 Å². The van der Waals surface area contributed by atoms with Gasteiger partial charge in [0.25, 0.3) is 11.8 Å². The van der Waals surface area contributed by atoms with Gasteiger partial charge in [0, 0.05) is 49.6 Å². The molecule has 2 saturated heterocycles. The minimum atomic E-state index is -0.230. The number of hydrogen-bond donors (Lipinski definition) is 2. The molecule has 4 aromatic rings. The molecule has 40 heavy (non-hydrogen) atoms. The first kappa shape index (κ1) is 27.3. The molecule has 2 aliphatic rings. The number of carbonyl (C=O) groups is 2. The second kappa shape index (κ2) is 13.7. The number of nitrogens with one attached hydrogen (secondary N) is 2. The highest BCUT2D eigenvalue weighted by molar-refractivity contribution is 5.93. The molecule has 2 aliphatic heterocycles. The highest BCUT2D eigenvalue weighted by Crippen LogP contribution is 2.21. The zero-order valence-corrected chi connectivity index (χ0v) is 22.1. The summed E-state index contributed by atoms with van der Waals surface area (Å²) < 4.78 is 21.3. The fourth-order valence-electron chi connectivity index (χ4n) is 4.45. The third-order valence-electron chi connectivity index (χ3n) is 6.63. The van der Waals surface area contributed by atoms with Crippen LogP contribution in [0.2, 0.25) is 0 Å². The Bertz CT molecular complexity index is 1250. The molecule has 2 atom stereocenters. The van der Waals surface area contributed by atoms with Crippen LogP contribution in [0.1, 0.15) is 46.7 Å². The molecule has 0 bridgehead atoms. The van der Waals surface area contributed by atoms with Gasteiger partial charge in [0.2, 0.25) is 0 Å². The van der Waals surface area contributed by atoms with Gasteiger partial charge in [-0.2, -0.15) is 0 Å². The molecule has 10 nitrogen and oxygen atoms in total. The Labute approximate surface area is 232 Å². The van der Waals surface area contributed by atoms with E-state index in [9.17, 15) is 9.59 Å². The van der Waals surface area contributed by atoms with Gasteiger partial charge >= 0.3 is 0 Å². The van der Waals surface area contributed by atoms with E-state index in [-0.39, 0.29) is 24.0 Å². The lowest BCUT2D eigenvalue weighted by Crippen LogP contribution is -2.31. The summed E-state index contributed by atoms with van der Waals surface area (Å²) in [5.41, 5.74) is 2.39. The van der Waals surface area contributed by atoms with Crippen molar-refractivity contribution in [3.63, 3.8) is 0 Å². The lowest BCUT2D eigenvalue weighted by molar-refractivity contribution is 0.0847. The van der Waals surface area contributed by atoms with Crippen molar-refractivity contribution in [2.24, 2.45) is 0 Å². The van der Waals surface area contributed by atoms with E-state index in [1.807, 2.05) is 60.7 Å². The van der Waals surface area contributed by atoms with E-state index in [0.29, 0.717) is 36.0 Å². The molecule has 0 spiro atoms. The van der Waals surface area contributed by atoms with E-state index in [0.717, 1.165) is 50.0 Å². The van der Waals surface area contributed by atoms with Crippen LogP contribution in [0.3, 0.4) is 0 Å². The summed E-state index contributed by atoms with van der Waals surface area (Å²) in [7, 11) is 0. The van der Waals surface area contributed by atoms with Gasteiger partial charge in [0.15, 0.2) is 22.9 Å². The number of benzene rings is 2. The van der Waals surface area contributed by atoms with Gasteiger partial charge in [-0.1, -0.05) is 71.0 Å². The molecule has 2 aromatic heterocycles. The maximum absolute atomic E-state index is 12.0. The van der Waals surface area contributed by atoms with Crippen LogP contribution >= 0.6 is 0 Å². The third kappa shape index (κ3) is 7.43. The first-order chi connectivity index (χ1) is 19.7. The van der Waals surface area contributed by atoms with Gasteiger partial charge < -0.3 is 29.2 Å². The number of nitrogens with zero attached hydrogens (tertiary/aromatic N) is 2. The number of ether oxygens (including phenoxy) is 2. The first-order valence-corrected chi connectivity index (χ1v) is 13.5. The van der Waals surface area contributed by atoms with Gasteiger partial charge in [0.1, 0.15) is 0 Å². The van der Waals surface area contributed by atoms with E-state index in [4.69, 9.17) is 18.5 Å². The molecule has 6 rings (SSSR count). The molecule has 10 heteroatoms. The normalized spacial score (nSPS) is 18.1. The summed E-state index contributed by atoms with van der Waals surface area (Å²) in [6.07, 6.45) is 4.35. The quantitative estimate of drug-likeness (QED) is 0.332. The Hall–Kier alpha value is -4.28. The van der Waals surface area contributed by atoms with Crippen molar-refractivity contribution in [1.29, 1.82) is 0 Å². The van der Waals surface area contributed by atoms with E-state index >= 15 is 0 Å². The zero-order chi connectivity index (χ0) is 27.6. The van der Waals surface area contributed by atoms with Gasteiger partial charge in [-0.25, -0.2) is 0 Å². The van der Waals surface area contributed by atoms with Crippen LogP contribution in [0, 0.1) is 0 Å². The van der Waals surface area contributed by atoms with Crippen molar-refractivity contribution < 1.29 is 28.1 Å². The van der Waals surface area contributed by atoms with Crippen LogP contribution in [-0.4, -0.2) is 60.6 Å². The zero-order valence-electron chi connectivity index (χ0n) is 22.1. The molecule has 2 aromatic carbocycles. The van der Waals surface area contributed by atoms with Crippen LogP contribution in [0.25, 0.3) is 22.6 Å². The molecule has 4 heterocycles. The van der Waals surface area contributed by atoms with Crippen molar-refractivity contribution in [2.75, 3.05) is 26.3 Å². The summed E-state index contributed by atoms with van der Waals surface area (Å²) in [6, 6.07) is 22.4. The standard InChI is InChI=1S/2C15H16N2O3/c2*18-15(16-10-12-7-4-8-19-12)13-9-14(20-17-13)11-5-2-1-3-6-11/h2*1-3,5-6,9,12H,4,7-8,10H2,(H,16,18)/t2*12-/m10/s1. The van der Waals surface area contributed by atoms with Crippen molar-refractivity contribution in [3.8, 4) is 22.6 Å². The number of rotatable bonds is 8. The minimum absolute atomic E-state index is 0.124. The maximum atomic E-state index is 12.0. The van der Waals surface area contributed by atoms with Gasteiger partial charge in [-0.15, -0.1) is 0 Å². The van der Waals surface area contributed by atoms with E-state index in [1.165, 1.54) is 0 Å². The van der Waals surface area contributed by atoms with E-state index < -0.39 is 0 Å². The summed E-state index contributed by atoms with van der Waals surface area (Å²) >= 11 is 0. The van der Waals surface area contributed by atoms with Gasteiger partial charge in [-0.3, -0.25) is 9.59 Å². The van der Waals surface area contributed by atoms with E-state index in [1.54, 1.807) is 12.1 Å². The highest BCUT2D eigenvalue weighted by Gasteiger charge is 2.20. The average Bonchev–Trinajstić information content (AvgIpc) is 3.84. The summed E-state index contributed by atoms with van der Waals surface area (Å²) in [5.74, 6) is 0.721. The maximum Gasteiger partial charge on any atom is 0.273 e. The molecule has 2 fully saturated rings. The number of amides is 2. The monoisotopic (exact) mass is 544 g/mol. The van der Waals surface area contributed by atoms with E-state index in [2.05, 4.69) is 20.9 Å². The topological polar surface area (TPSA) is 129 Å². The largest absolute Gasteiger partial charge is 0.376 e. The minimum Gasteiger partial charge on any atom is -0.376 e. The molecule has 2 amide bonds. The molecular formula is C30H32N4O6. The molecule has 208 valence electrons. The molecule has 0 aliphatic carbocycles. The molecule has 2 N–H and O–H groups in total. The fourth-order valence-corrected chi connectivity index (χ4v) is 4.45. The third-order valence-corrected chi connectivity index (χ3v) is 6.63.